The van der Waals surface area contributed by atoms with E-state index in [4.69, 9.17) is 5.11 Å². The minimum atomic E-state index is -1.12. The number of nitro groups is 1. The number of hydrogen-bond acceptors (Lipinski definition) is 4. The molecule has 1 rings (SSSR count). The van der Waals surface area contributed by atoms with Crippen LogP contribution in [0.1, 0.15) is 36.7 Å². The van der Waals surface area contributed by atoms with Crippen molar-refractivity contribution in [1.29, 1.82) is 0 Å². The topological polar surface area (TPSA) is 114 Å². The normalized spacial score (nSPS) is 11.9. The van der Waals surface area contributed by atoms with E-state index in [1.54, 1.807) is 0 Å². The summed E-state index contributed by atoms with van der Waals surface area (Å²) in [6, 6.07) is 0.130. The zero-order valence-corrected chi connectivity index (χ0v) is 11.3. The second kappa shape index (κ2) is 6.69. The zero-order chi connectivity index (χ0) is 15.3. The number of carbonyl (C=O) groups excluding carboxylic acids is 1. The minimum absolute atomic E-state index is 0.0550. The molecule has 0 spiro atoms. The number of hydrogen-bond donors (Lipinski definition) is 2. The molecule has 1 amide bonds. The van der Waals surface area contributed by atoms with Gasteiger partial charge in [-0.25, -0.2) is 4.79 Å². The van der Waals surface area contributed by atoms with Gasteiger partial charge in [0.25, 0.3) is 11.6 Å². The third-order valence-electron chi connectivity index (χ3n) is 2.88. The zero-order valence-electron chi connectivity index (χ0n) is 11.3. The Hall–Kier alpha value is -2.38. The van der Waals surface area contributed by atoms with Crippen LogP contribution < -0.4 is 5.32 Å². The standard InChI is InChI=1S/C12H17N3O5/c1-3-4-5-9(12(17)18)13-11(16)10-6-8(15(19)20)7-14(10)2/h6-7,9H,3-5H2,1-2H3,(H,13,16)(H,17,18)/t9-/m0/s1. The lowest BCUT2D eigenvalue weighted by atomic mass is 10.1. The van der Waals surface area contributed by atoms with Crippen molar-refractivity contribution in [3.63, 3.8) is 0 Å². The van der Waals surface area contributed by atoms with Crippen molar-refractivity contribution in [2.75, 3.05) is 0 Å². The molecular formula is C12H17N3O5. The number of nitrogens with one attached hydrogen (secondary N) is 1. The van der Waals surface area contributed by atoms with Gasteiger partial charge in [-0.2, -0.15) is 0 Å². The molecular weight excluding hydrogens is 266 g/mol. The quantitative estimate of drug-likeness (QED) is 0.578. The van der Waals surface area contributed by atoms with Gasteiger partial charge in [0, 0.05) is 13.1 Å². The molecule has 1 heterocycles. The van der Waals surface area contributed by atoms with Crippen molar-refractivity contribution in [3.8, 4) is 0 Å². The van der Waals surface area contributed by atoms with Crippen molar-refractivity contribution in [1.82, 2.24) is 9.88 Å². The maximum absolute atomic E-state index is 12.0. The maximum atomic E-state index is 12.0. The second-order valence-corrected chi connectivity index (χ2v) is 4.46. The predicted molar refractivity (Wildman–Crippen MR) is 70.5 cm³/mol. The average molecular weight is 283 g/mol. The Labute approximate surface area is 115 Å². The van der Waals surface area contributed by atoms with Crippen LogP contribution in [0, 0.1) is 10.1 Å². The lowest BCUT2D eigenvalue weighted by molar-refractivity contribution is -0.384. The predicted octanol–water partition coefficient (Wildman–Crippen LogP) is 1.31. The number of carboxylic acid groups (broad SMARTS) is 1. The third kappa shape index (κ3) is 3.81. The van der Waals surface area contributed by atoms with Crippen LogP contribution in [0.15, 0.2) is 12.3 Å². The fourth-order valence-electron chi connectivity index (χ4n) is 1.77. The summed E-state index contributed by atoms with van der Waals surface area (Å²) < 4.78 is 1.30. The molecule has 8 nitrogen and oxygen atoms in total. The summed E-state index contributed by atoms with van der Waals surface area (Å²) in [4.78, 5) is 33.0. The molecule has 0 fully saturated rings. The van der Waals surface area contributed by atoms with Gasteiger partial charge >= 0.3 is 5.97 Å². The van der Waals surface area contributed by atoms with Crippen LogP contribution in [0.5, 0.6) is 0 Å². The first-order valence-electron chi connectivity index (χ1n) is 6.21. The van der Waals surface area contributed by atoms with Gasteiger partial charge in [-0.15, -0.1) is 0 Å². The summed E-state index contributed by atoms with van der Waals surface area (Å²) in [5, 5.41) is 22.0. The number of aliphatic carboxylic acids is 1. The molecule has 2 N–H and O–H groups in total. The van der Waals surface area contributed by atoms with E-state index in [0.717, 1.165) is 12.5 Å². The molecule has 1 aromatic rings. The largest absolute Gasteiger partial charge is 0.480 e. The lowest BCUT2D eigenvalue weighted by Gasteiger charge is -2.14. The summed E-state index contributed by atoms with van der Waals surface area (Å²) in [6.07, 6.45) is 3.01. The number of aromatic nitrogens is 1. The number of carbonyl (C=O) groups is 2. The first kappa shape index (κ1) is 15.7. The summed E-state index contributed by atoms with van der Waals surface area (Å²) >= 11 is 0. The Kier molecular flexibility index (Phi) is 5.24. The molecule has 0 saturated heterocycles. The smallest absolute Gasteiger partial charge is 0.326 e. The van der Waals surface area contributed by atoms with E-state index in [0.29, 0.717) is 12.8 Å². The van der Waals surface area contributed by atoms with Crippen LogP contribution in [-0.4, -0.2) is 32.5 Å². The molecule has 1 aromatic heterocycles. The summed E-state index contributed by atoms with van der Waals surface area (Å²) in [6.45, 7) is 1.92. The van der Waals surface area contributed by atoms with Crippen LogP contribution in [0.2, 0.25) is 0 Å². The molecule has 20 heavy (non-hydrogen) atoms. The molecule has 0 aliphatic heterocycles. The Balaban J connectivity index is 2.83. The van der Waals surface area contributed by atoms with Crippen molar-refractivity contribution >= 4 is 17.6 Å². The van der Waals surface area contributed by atoms with Crippen molar-refractivity contribution in [2.24, 2.45) is 7.05 Å². The molecule has 0 radical (unpaired) electrons. The van der Waals surface area contributed by atoms with Crippen LogP contribution in [0.4, 0.5) is 5.69 Å². The summed E-state index contributed by atoms with van der Waals surface area (Å²) in [5.41, 5.74) is -0.155. The van der Waals surface area contributed by atoms with Gasteiger partial charge in [0.15, 0.2) is 0 Å². The third-order valence-corrected chi connectivity index (χ3v) is 2.88. The Bertz CT molecular complexity index is 523. The van der Waals surface area contributed by atoms with Crippen LogP contribution in [0.3, 0.4) is 0 Å². The van der Waals surface area contributed by atoms with Crippen molar-refractivity contribution < 1.29 is 19.6 Å². The molecule has 110 valence electrons. The molecule has 0 aliphatic rings. The van der Waals surface area contributed by atoms with E-state index in [1.807, 2.05) is 6.92 Å². The van der Waals surface area contributed by atoms with E-state index in [-0.39, 0.29) is 11.4 Å². The Morgan fingerprint density at radius 2 is 2.20 bits per heavy atom. The van der Waals surface area contributed by atoms with Gasteiger partial charge in [0.05, 0.1) is 11.1 Å². The first-order valence-corrected chi connectivity index (χ1v) is 6.21. The highest BCUT2D eigenvalue weighted by molar-refractivity contribution is 5.96. The van der Waals surface area contributed by atoms with Crippen LogP contribution in [-0.2, 0) is 11.8 Å². The van der Waals surface area contributed by atoms with Crippen LogP contribution in [0.25, 0.3) is 0 Å². The van der Waals surface area contributed by atoms with E-state index in [1.165, 1.54) is 17.8 Å². The highest BCUT2D eigenvalue weighted by Crippen LogP contribution is 2.15. The minimum Gasteiger partial charge on any atom is -0.480 e. The van der Waals surface area contributed by atoms with Gasteiger partial charge in [0.1, 0.15) is 11.7 Å². The molecule has 1 atom stereocenters. The second-order valence-electron chi connectivity index (χ2n) is 4.46. The maximum Gasteiger partial charge on any atom is 0.326 e. The fraction of sp³-hybridized carbons (Fsp3) is 0.500. The monoisotopic (exact) mass is 283 g/mol. The van der Waals surface area contributed by atoms with Gasteiger partial charge in [0.2, 0.25) is 0 Å². The van der Waals surface area contributed by atoms with Crippen molar-refractivity contribution in [3.05, 3.63) is 28.1 Å². The van der Waals surface area contributed by atoms with Gasteiger partial charge in [-0.1, -0.05) is 19.8 Å². The van der Waals surface area contributed by atoms with Gasteiger partial charge in [-0.05, 0) is 6.42 Å². The number of aryl methyl sites for hydroxylation is 1. The number of carboxylic acids is 1. The number of unbranched alkanes of at least 4 members (excludes halogenated alkanes) is 1. The van der Waals surface area contributed by atoms with Crippen molar-refractivity contribution in [2.45, 2.75) is 32.2 Å². The average Bonchev–Trinajstić information content (AvgIpc) is 2.76. The summed E-state index contributed by atoms with van der Waals surface area (Å²) in [5.74, 6) is -1.75. The van der Waals surface area contributed by atoms with E-state index < -0.39 is 22.8 Å². The highest BCUT2D eigenvalue weighted by atomic mass is 16.6. The molecule has 0 unspecified atom stereocenters. The number of rotatable bonds is 7. The SMILES string of the molecule is CCCC[C@H](NC(=O)c1cc([N+](=O)[O-])cn1C)C(=O)O. The lowest BCUT2D eigenvalue weighted by Crippen LogP contribution is -2.41. The van der Waals surface area contributed by atoms with E-state index >= 15 is 0 Å². The molecule has 8 heteroatoms. The first-order chi connectivity index (χ1) is 9.36. The summed E-state index contributed by atoms with van der Waals surface area (Å²) in [7, 11) is 1.49. The van der Waals surface area contributed by atoms with Gasteiger partial charge in [-0.3, -0.25) is 14.9 Å². The number of nitrogens with zero attached hydrogens (tertiary/aromatic N) is 2. The molecule has 0 bridgehead atoms. The Morgan fingerprint density at radius 1 is 1.55 bits per heavy atom. The molecule has 0 aromatic carbocycles. The van der Waals surface area contributed by atoms with E-state index in [2.05, 4.69) is 5.32 Å². The molecule has 0 aliphatic carbocycles. The van der Waals surface area contributed by atoms with Crippen LogP contribution >= 0.6 is 0 Å². The fourth-order valence-corrected chi connectivity index (χ4v) is 1.77. The number of amides is 1. The van der Waals surface area contributed by atoms with E-state index in [9.17, 15) is 19.7 Å². The Morgan fingerprint density at radius 3 is 2.65 bits per heavy atom. The van der Waals surface area contributed by atoms with Gasteiger partial charge < -0.3 is 15.0 Å². The highest BCUT2D eigenvalue weighted by Gasteiger charge is 2.23. The molecule has 0 saturated carbocycles.